The van der Waals surface area contributed by atoms with Crippen molar-refractivity contribution in [3.63, 3.8) is 0 Å². The molecule has 15 heavy (non-hydrogen) atoms. The molecule has 2 rings (SSSR count). The monoisotopic (exact) mass is 213 g/mol. The van der Waals surface area contributed by atoms with Gasteiger partial charge in [0.15, 0.2) is 0 Å². The van der Waals surface area contributed by atoms with Gasteiger partial charge in [-0.1, -0.05) is 12.8 Å². The van der Waals surface area contributed by atoms with E-state index in [2.05, 4.69) is 0 Å². The van der Waals surface area contributed by atoms with Gasteiger partial charge in [-0.15, -0.1) is 0 Å². The maximum absolute atomic E-state index is 6.13. The lowest BCUT2D eigenvalue weighted by atomic mass is 9.61. The van der Waals surface area contributed by atoms with E-state index in [-0.39, 0.29) is 0 Å². The van der Waals surface area contributed by atoms with E-state index in [0.29, 0.717) is 17.6 Å². The molecule has 0 aromatic carbocycles. The Morgan fingerprint density at radius 3 is 2.60 bits per heavy atom. The molecule has 2 aliphatic carbocycles. The molecule has 2 aliphatic rings. The first-order valence-corrected chi connectivity index (χ1v) is 6.24. The Labute approximate surface area is 92.3 Å². The van der Waals surface area contributed by atoms with Crippen LogP contribution in [0.2, 0.25) is 0 Å². The van der Waals surface area contributed by atoms with Crippen molar-refractivity contribution in [2.24, 2.45) is 11.1 Å². The quantitative estimate of drug-likeness (QED) is 0.707. The maximum atomic E-state index is 6.13. The van der Waals surface area contributed by atoms with Crippen LogP contribution < -0.4 is 5.73 Å². The molecule has 1 spiro atoms. The third-order valence-corrected chi connectivity index (χ3v) is 4.13. The van der Waals surface area contributed by atoms with Crippen molar-refractivity contribution in [1.29, 1.82) is 0 Å². The van der Waals surface area contributed by atoms with Gasteiger partial charge in [-0.2, -0.15) is 0 Å². The van der Waals surface area contributed by atoms with E-state index in [9.17, 15) is 0 Å². The smallest absolute Gasteiger partial charge is 0.0704 e. The van der Waals surface area contributed by atoms with Gasteiger partial charge in [-0.25, -0.2) is 0 Å². The summed E-state index contributed by atoms with van der Waals surface area (Å²) in [6.45, 7) is 4.24. The topological polar surface area (TPSA) is 44.5 Å². The van der Waals surface area contributed by atoms with Crippen LogP contribution in [0.1, 0.15) is 39.0 Å². The normalized spacial score (nSPS) is 33.2. The van der Waals surface area contributed by atoms with Crippen molar-refractivity contribution >= 4 is 0 Å². The second kappa shape index (κ2) is 4.81. The van der Waals surface area contributed by atoms with Crippen LogP contribution in [-0.2, 0) is 9.47 Å². The third-order valence-electron chi connectivity index (χ3n) is 4.13. The van der Waals surface area contributed by atoms with Gasteiger partial charge in [0.25, 0.3) is 0 Å². The van der Waals surface area contributed by atoms with Gasteiger partial charge in [-0.05, 0) is 26.2 Å². The molecule has 3 heteroatoms. The fourth-order valence-electron chi connectivity index (χ4n) is 3.13. The van der Waals surface area contributed by atoms with Crippen molar-refractivity contribution < 1.29 is 9.47 Å². The number of rotatable bonds is 5. The number of hydrogen-bond donors (Lipinski definition) is 1. The molecule has 3 nitrogen and oxygen atoms in total. The van der Waals surface area contributed by atoms with Gasteiger partial charge in [0.2, 0.25) is 0 Å². The Morgan fingerprint density at radius 2 is 2.00 bits per heavy atom. The minimum absolute atomic E-state index is 0.339. The first kappa shape index (κ1) is 11.4. The maximum Gasteiger partial charge on any atom is 0.0704 e. The Balaban J connectivity index is 1.74. The molecule has 0 bridgehead atoms. The summed E-state index contributed by atoms with van der Waals surface area (Å²) in [5, 5.41) is 0. The van der Waals surface area contributed by atoms with E-state index in [1.165, 1.54) is 25.7 Å². The molecule has 2 unspecified atom stereocenters. The molecule has 2 fully saturated rings. The summed E-state index contributed by atoms with van der Waals surface area (Å²) < 4.78 is 11.2. The zero-order chi connectivity index (χ0) is 10.7. The summed E-state index contributed by atoms with van der Waals surface area (Å²) in [5.74, 6) is 0. The van der Waals surface area contributed by atoms with Crippen LogP contribution in [0, 0.1) is 5.41 Å². The first-order chi connectivity index (χ1) is 7.29. The molecule has 0 aliphatic heterocycles. The standard InChI is InChI=1S/C12H23NO2/c1-2-14-7-8-15-11-9-10(13)12(11)5-3-4-6-12/h10-11H,2-9,13H2,1H3. The zero-order valence-electron chi connectivity index (χ0n) is 9.71. The Bertz CT molecular complexity index is 202. The van der Waals surface area contributed by atoms with Crippen molar-refractivity contribution in [3.05, 3.63) is 0 Å². The first-order valence-electron chi connectivity index (χ1n) is 6.24. The fraction of sp³-hybridized carbons (Fsp3) is 1.00. The average molecular weight is 213 g/mol. The van der Waals surface area contributed by atoms with Crippen LogP contribution in [0.25, 0.3) is 0 Å². The Kier molecular flexibility index (Phi) is 3.65. The second-order valence-electron chi connectivity index (χ2n) is 4.84. The third kappa shape index (κ3) is 2.05. The van der Waals surface area contributed by atoms with Crippen LogP contribution in [0.15, 0.2) is 0 Å². The van der Waals surface area contributed by atoms with Crippen molar-refractivity contribution in [2.75, 3.05) is 19.8 Å². The molecule has 0 radical (unpaired) electrons. The van der Waals surface area contributed by atoms with Gasteiger partial charge in [0.05, 0.1) is 19.3 Å². The molecule has 0 amide bonds. The number of hydrogen-bond acceptors (Lipinski definition) is 3. The molecule has 0 aromatic heterocycles. The van der Waals surface area contributed by atoms with Gasteiger partial charge in [0.1, 0.15) is 0 Å². The van der Waals surface area contributed by atoms with Crippen LogP contribution in [0.3, 0.4) is 0 Å². The predicted molar refractivity (Wildman–Crippen MR) is 59.7 cm³/mol. The van der Waals surface area contributed by atoms with E-state index in [4.69, 9.17) is 15.2 Å². The van der Waals surface area contributed by atoms with Crippen molar-refractivity contribution in [1.82, 2.24) is 0 Å². The Morgan fingerprint density at radius 1 is 1.27 bits per heavy atom. The Hall–Kier alpha value is -0.120. The fourth-order valence-corrected chi connectivity index (χ4v) is 3.13. The molecule has 2 N–H and O–H groups in total. The highest BCUT2D eigenvalue weighted by molar-refractivity contribution is 5.08. The van der Waals surface area contributed by atoms with Crippen LogP contribution >= 0.6 is 0 Å². The van der Waals surface area contributed by atoms with E-state index in [0.717, 1.165) is 26.2 Å². The molecule has 2 saturated carbocycles. The highest BCUT2D eigenvalue weighted by Gasteiger charge is 2.54. The summed E-state index contributed by atoms with van der Waals surface area (Å²) in [6.07, 6.45) is 6.67. The van der Waals surface area contributed by atoms with Crippen molar-refractivity contribution in [3.8, 4) is 0 Å². The minimum Gasteiger partial charge on any atom is -0.379 e. The molecule has 0 saturated heterocycles. The van der Waals surface area contributed by atoms with Gasteiger partial charge >= 0.3 is 0 Å². The summed E-state index contributed by atoms with van der Waals surface area (Å²) in [4.78, 5) is 0. The van der Waals surface area contributed by atoms with Gasteiger partial charge in [-0.3, -0.25) is 0 Å². The van der Waals surface area contributed by atoms with Crippen LogP contribution in [-0.4, -0.2) is 32.0 Å². The molecule has 88 valence electrons. The van der Waals surface area contributed by atoms with Gasteiger partial charge in [0, 0.05) is 18.1 Å². The van der Waals surface area contributed by atoms with E-state index in [1.54, 1.807) is 0 Å². The zero-order valence-corrected chi connectivity index (χ0v) is 9.71. The molecule has 0 heterocycles. The van der Waals surface area contributed by atoms with E-state index >= 15 is 0 Å². The predicted octanol–water partition coefficient (Wildman–Crippen LogP) is 1.70. The molecule has 2 atom stereocenters. The highest BCUT2D eigenvalue weighted by atomic mass is 16.5. The summed E-state index contributed by atoms with van der Waals surface area (Å²) in [5.41, 5.74) is 6.47. The summed E-state index contributed by atoms with van der Waals surface area (Å²) in [6, 6.07) is 0.386. The lowest BCUT2D eigenvalue weighted by Crippen LogP contribution is -2.61. The van der Waals surface area contributed by atoms with E-state index in [1.807, 2.05) is 6.92 Å². The number of nitrogens with two attached hydrogens (primary N) is 1. The lowest BCUT2D eigenvalue weighted by Gasteiger charge is -2.52. The largest absolute Gasteiger partial charge is 0.379 e. The minimum atomic E-state index is 0.339. The second-order valence-corrected chi connectivity index (χ2v) is 4.84. The molecular weight excluding hydrogens is 190 g/mol. The van der Waals surface area contributed by atoms with Crippen molar-refractivity contribution in [2.45, 2.75) is 51.2 Å². The SMILES string of the molecule is CCOCCOC1CC(N)C12CCCC2. The molecular formula is C12H23NO2. The van der Waals surface area contributed by atoms with Crippen LogP contribution in [0.5, 0.6) is 0 Å². The summed E-state index contributed by atoms with van der Waals surface area (Å²) >= 11 is 0. The summed E-state index contributed by atoms with van der Waals surface area (Å²) in [7, 11) is 0. The number of ether oxygens (including phenoxy) is 2. The van der Waals surface area contributed by atoms with Crippen LogP contribution in [0.4, 0.5) is 0 Å². The lowest BCUT2D eigenvalue weighted by molar-refractivity contribution is -0.132. The van der Waals surface area contributed by atoms with E-state index < -0.39 is 0 Å². The highest BCUT2D eigenvalue weighted by Crippen LogP contribution is 2.53. The molecule has 0 aromatic rings. The average Bonchev–Trinajstić information content (AvgIpc) is 2.74. The van der Waals surface area contributed by atoms with Gasteiger partial charge < -0.3 is 15.2 Å².